The molecule has 0 aromatic heterocycles. The van der Waals surface area contributed by atoms with Gasteiger partial charge in [0.2, 0.25) is 0 Å². The monoisotopic (exact) mass is 830 g/mol. The van der Waals surface area contributed by atoms with E-state index in [0.717, 1.165) is 0 Å². The predicted molar refractivity (Wildman–Crippen MR) is 172 cm³/mol. The van der Waals surface area contributed by atoms with E-state index in [0.29, 0.717) is 42.5 Å². The van der Waals surface area contributed by atoms with Crippen LogP contribution < -0.4 is 14.0 Å². The molecule has 58 heavy (non-hydrogen) atoms. The zero-order valence-electron chi connectivity index (χ0n) is 27.7. The summed E-state index contributed by atoms with van der Waals surface area (Å²) < 4.78 is 252. The summed E-state index contributed by atoms with van der Waals surface area (Å²) in [4.78, 5) is 0. The molecule has 0 aliphatic carbocycles. The first-order valence-electron chi connectivity index (χ1n) is 15.7. The maximum Gasteiger partial charge on any atom is 0.864 e. The van der Waals surface area contributed by atoms with Crippen LogP contribution in [0, 0.1) is 93.1 Å². The van der Waals surface area contributed by atoms with E-state index in [4.69, 9.17) is 14.0 Å². The van der Waals surface area contributed by atoms with Crippen LogP contribution in [0.3, 0.4) is 0 Å². The number of rotatable bonds is 8. The van der Waals surface area contributed by atoms with Crippen LogP contribution in [0.25, 0.3) is 43.8 Å². The van der Waals surface area contributed by atoms with Crippen LogP contribution in [0.5, 0.6) is 17.2 Å². The summed E-state index contributed by atoms with van der Waals surface area (Å²) in [5.41, 5.74) is -5.52. The van der Waals surface area contributed by atoms with Crippen LogP contribution in [0.2, 0.25) is 0 Å². The van der Waals surface area contributed by atoms with Crippen molar-refractivity contribution < 1.29 is 84.2 Å². The molecule has 0 aliphatic heterocycles. The van der Waals surface area contributed by atoms with Gasteiger partial charge < -0.3 is 14.0 Å². The first-order valence-corrected chi connectivity index (χ1v) is 15.7. The van der Waals surface area contributed by atoms with Gasteiger partial charge in [-0.3, -0.25) is 0 Å². The second-order valence-electron chi connectivity index (χ2n) is 12.0. The maximum atomic E-state index is 16.2. The van der Waals surface area contributed by atoms with Crippen molar-refractivity contribution in [3.8, 4) is 39.5 Å². The Bertz CT molecular complexity index is 2700. The Morgan fingerprint density at radius 2 is 0.741 bits per heavy atom. The molecular weight excluding hydrogens is 819 g/mol. The Hall–Kier alpha value is -6.60. The summed E-state index contributed by atoms with van der Waals surface area (Å²) in [5, 5.41) is -5.13. The molecule has 0 bridgehead atoms. The second kappa shape index (κ2) is 14.7. The SMILES string of the molecule is Fc1cc(OB(Oc2ccc(F)c(F)c2)Oc2cc(F)cc(-c3c(F)c(F)c(F)c4c(F)c(F)ccc34)c2F)c(F)c(-c2c(F)c(F)c(F)c3c(F)c(F)ccc23)c1. The van der Waals surface area contributed by atoms with E-state index in [2.05, 4.69) is 0 Å². The molecule has 20 heteroatoms. The van der Waals surface area contributed by atoms with Crippen LogP contribution >= 0.6 is 0 Å². The normalized spacial score (nSPS) is 11.4. The summed E-state index contributed by atoms with van der Waals surface area (Å²) in [5.74, 6) is -35.5. The van der Waals surface area contributed by atoms with Crippen LogP contribution in [-0.2, 0) is 0 Å². The molecule has 0 unspecified atom stereocenters. The highest BCUT2D eigenvalue weighted by Crippen LogP contribution is 2.43. The van der Waals surface area contributed by atoms with Crippen molar-refractivity contribution in [3.05, 3.63) is 160 Å². The van der Waals surface area contributed by atoms with Crippen molar-refractivity contribution in [3.63, 3.8) is 0 Å². The molecule has 296 valence electrons. The third-order valence-corrected chi connectivity index (χ3v) is 8.49. The van der Waals surface area contributed by atoms with E-state index in [1.807, 2.05) is 0 Å². The van der Waals surface area contributed by atoms with Crippen LogP contribution in [-0.4, -0.2) is 7.32 Å². The smallest absolute Gasteiger partial charge is 0.489 e. The van der Waals surface area contributed by atoms with Gasteiger partial charge in [0.05, 0.1) is 10.8 Å². The Balaban J connectivity index is 1.39. The van der Waals surface area contributed by atoms with Crippen molar-refractivity contribution in [1.82, 2.24) is 0 Å². The quantitative estimate of drug-likeness (QED) is 0.0867. The fourth-order valence-electron chi connectivity index (χ4n) is 5.95. The third-order valence-electron chi connectivity index (χ3n) is 8.49. The molecule has 7 aromatic rings. The lowest BCUT2D eigenvalue weighted by Gasteiger charge is -2.20. The average molecular weight is 830 g/mol. The molecule has 0 aliphatic rings. The van der Waals surface area contributed by atoms with Crippen LogP contribution in [0.1, 0.15) is 0 Å². The van der Waals surface area contributed by atoms with E-state index >= 15 is 26.3 Å². The van der Waals surface area contributed by atoms with Gasteiger partial charge in [-0.1, -0.05) is 12.1 Å². The van der Waals surface area contributed by atoms with Gasteiger partial charge in [-0.25, -0.2) is 70.2 Å². The largest absolute Gasteiger partial charge is 0.864 e. The van der Waals surface area contributed by atoms with Gasteiger partial charge in [-0.05, 0) is 47.2 Å². The highest BCUT2D eigenvalue weighted by Gasteiger charge is 2.36. The summed E-state index contributed by atoms with van der Waals surface area (Å²) in [6, 6.07) is 3.64. The van der Waals surface area contributed by atoms with Gasteiger partial charge >= 0.3 is 7.32 Å². The molecule has 3 nitrogen and oxygen atoms in total. The van der Waals surface area contributed by atoms with Crippen molar-refractivity contribution in [2.45, 2.75) is 0 Å². The van der Waals surface area contributed by atoms with Crippen LogP contribution in [0.4, 0.5) is 70.2 Å². The molecule has 0 saturated heterocycles. The standard InChI is InChI=1S/C38H11BF16O3/c40-12-7-17(25-15-2-5-20(43)31(48)27(15)35(52)37(54)33(25)50)29(46)23(9-12)57-39(56-14-1-4-19(42)22(45)11-14)58-24-10-13(41)8-18(30(24)47)26-16-3-6-21(44)32(49)28(16)36(53)38(55)34(26)51/h1-11H. The first kappa shape index (κ1) is 39.6. The van der Waals surface area contributed by atoms with E-state index in [1.54, 1.807) is 0 Å². The minimum atomic E-state index is -2.85. The zero-order chi connectivity index (χ0) is 42.1. The highest BCUT2D eigenvalue weighted by molar-refractivity contribution is 6.39. The molecule has 7 aromatic carbocycles. The number of fused-ring (bicyclic) bond motifs is 2. The van der Waals surface area contributed by atoms with Crippen molar-refractivity contribution >= 4 is 28.9 Å². The first-order chi connectivity index (χ1) is 27.4. The van der Waals surface area contributed by atoms with E-state index in [-0.39, 0.29) is 24.3 Å². The molecule has 0 saturated carbocycles. The van der Waals surface area contributed by atoms with Gasteiger partial charge in [0.15, 0.2) is 81.4 Å². The molecule has 0 fully saturated rings. The van der Waals surface area contributed by atoms with E-state index in [1.165, 1.54) is 0 Å². The Morgan fingerprint density at radius 1 is 0.328 bits per heavy atom. The second-order valence-corrected chi connectivity index (χ2v) is 12.0. The van der Waals surface area contributed by atoms with Gasteiger partial charge in [0, 0.05) is 40.5 Å². The molecule has 0 heterocycles. The Kier molecular flexibility index (Phi) is 10.1. The Morgan fingerprint density at radius 3 is 1.16 bits per heavy atom. The average Bonchev–Trinajstić information content (AvgIpc) is 3.17. The predicted octanol–water partition coefficient (Wildman–Crippen LogP) is 12.1. The summed E-state index contributed by atoms with van der Waals surface area (Å²) >= 11 is 0. The number of hydrogen-bond acceptors (Lipinski definition) is 3. The molecule has 0 atom stereocenters. The van der Waals surface area contributed by atoms with Crippen molar-refractivity contribution in [2.24, 2.45) is 0 Å². The molecule has 0 radical (unpaired) electrons. The summed E-state index contributed by atoms with van der Waals surface area (Å²) in [7, 11) is -2.85. The van der Waals surface area contributed by atoms with Gasteiger partial charge in [-0.15, -0.1) is 0 Å². The fourth-order valence-corrected chi connectivity index (χ4v) is 5.95. The van der Waals surface area contributed by atoms with Gasteiger partial charge in [0.1, 0.15) is 28.9 Å². The molecule has 0 N–H and O–H groups in total. The third kappa shape index (κ3) is 6.60. The molecule has 0 spiro atoms. The maximum absolute atomic E-state index is 16.2. The van der Waals surface area contributed by atoms with Gasteiger partial charge in [0.25, 0.3) is 0 Å². The topological polar surface area (TPSA) is 27.7 Å². The molecular formula is C38H11BF16O3. The lowest BCUT2D eigenvalue weighted by atomic mass is 9.95. The zero-order valence-corrected chi connectivity index (χ0v) is 27.7. The lowest BCUT2D eigenvalue weighted by Crippen LogP contribution is -2.37. The van der Waals surface area contributed by atoms with Gasteiger partial charge in [-0.2, -0.15) is 0 Å². The summed E-state index contributed by atoms with van der Waals surface area (Å²) in [6.45, 7) is 0. The number of halogens is 16. The minimum Gasteiger partial charge on any atom is -0.489 e. The molecule has 0 amide bonds. The number of hydrogen-bond donors (Lipinski definition) is 0. The molecule has 7 rings (SSSR count). The lowest BCUT2D eigenvalue weighted by molar-refractivity contribution is 0.292. The van der Waals surface area contributed by atoms with Crippen molar-refractivity contribution in [2.75, 3.05) is 0 Å². The van der Waals surface area contributed by atoms with Crippen LogP contribution in [0.15, 0.2) is 66.7 Å². The Labute approximate surface area is 312 Å². The minimum absolute atomic E-state index is 0.147. The van der Waals surface area contributed by atoms with E-state index in [9.17, 15) is 43.9 Å². The highest BCUT2D eigenvalue weighted by atomic mass is 19.2. The summed E-state index contributed by atoms with van der Waals surface area (Å²) in [6.07, 6.45) is 0. The fraction of sp³-hybridized carbons (Fsp3) is 0. The van der Waals surface area contributed by atoms with E-state index < -0.39 is 161 Å². The van der Waals surface area contributed by atoms with Crippen molar-refractivity contribution in [1.29, 1.82) is 0 Å². The number of benzene rings is 7.